The van der Waals surface area contributed by atoms with Gasteiger partial charge in [-0.3, -0.25) is 4.79 Å². The maximum absolute atomic E-state index is 12.0. The zero-order valence-electron chi connectivity index (χ0n) is 13.5. The van der Waals surface area contributed by atoms with Crippen molar-refractivity contribution < 1.29 is 19.1 Å². The molecule has 2 rings (SSSR count). The lowest BCUT2D eigenvalue weighted by molar-refractivity contribution is -0.118. The van der Waals surface area contributed by atoms with Gasteiger partial charge in [0.05, 0.1) is 12.2 Å². The molecule has 0 saturated heterocycles. The Labute approximate surface area is 145 Å². The van der Waals surface area contributed by atoms with Crippen LogP contribution in [0, 0.1) is 6.92 Å². The van der Waals surface area contributed by atoms with E-state index in [1.54, 1.807) is 49.4 Å². The first-order valence-corrected chi connectivity index (χ1v) is 7.84. The third kappa shape index (κ3) is 4.73. The Hall–Kier alpha value is -2.53. The van der Waals surface area contributed by atoms with Crippen LogP contribution in [-0.2, 0) is 9.53 Å². The highest BCUT2D eigenvalue weighted by Crippen LogP contribution is 2.24. The molecule has 0 heterocycles. The van der Waals surface area contributed by atoms with Crippen LogP contribution < -0.4 is 10.1 Å². The fourth-order valence-corrected chi connectivity index (χ4v) is 2.19. The molecule has 0 aliphatic carbocycles. The number of nitrogens with one attached hydrogen (secondary N) is 1. The Morgan fingerprint density at radius 3 is 2.67 bits per heavy atom. The van der Waals surface area contributed by atoms with Crippen LogP contribution in [0.3, 0.4) is 0 Å². The first-order valence-electron chi connectivity index (χ1n) is 7.46. The smallest absolute Gasteiger partial charge is 0.338 e. The summed E-state index contributed by atoms with van der Waals surface area (Å²) < 4.78 is 10.4. The van der Waals surface area contributed by atoms with Crippen molar-refractivity contribution in [2.75, 3.05) is 18.5 Å². The number of anilines is 1. The van der Waals surface area contributed by atoms with Crippen molar-refractivity contribution in [3.05, 3.63) is 58.6 Å². The summed E-state index contributed by atoms with van der Waals surface area (Å²) in [6, 6.07) is 11.8. The number of rotatable bonds is 6. The Bertz CT molecular complexity index is 746. The first-order chi connectivity index (χ1) is 11.5. The van der Waals surface area contributed by atoms with Crippen molar-refractivity contribution in [3.63, 3.8) is 0 Å². The fraction of sp³-hybridized carbons (Fsp3) is 0.222. The van der Waals surface area contributed by atoms with E-state index in [0.29, 0.717) is 28.6 Å². The molecule has 5 nitrogen and oxygen atoms in total. The summed E-state index contributed by atoms with van der Waals surface area (Å²) in [6.07, 6.45) is 0. The number of halogens is 1. The van der Waals surface area contributed by atoms with Crippen molar-refractivity contribution in [1.82, 2.24) is 0 Å². The van der Waals surface area contributed by atoms with E-state index in [9.17, 15) is 9.59 Å². The molecule has 2 aromatic rings. The lowest BCUT2D eigenvalue weighted by atomic mass is 10.2. The van der Waals surface area contributed by atoms with Gasteiger partial charge < -0.3 is 14.8 Å². The van der Waals surface area contributed by atoms with Gasteiger partial charge in [0.15, 0.2) is 6.61 Å². The molecule has 2 aromatic carbocycles. The van der Waals surface area contributed by atoms with Gasteiger partial charge >= 0.3 is 5.97 Å². The monoisotopic (exact) mass is 347 g/mol. The average molecular weight is 348 g/mol. The van der Waals surface area contributed by atoms with Crippen LogP contribution in [0.2, 0.25) is 5.02 Å². The molecule has 0 saturated carbocycles. The highest BCUT2D eigenvalue weighted by Gasteiger charge is 2.10. The summed E-state index contributed by atoms with van der Waals surface area (Å²) in [5.74, 6) is -0.215. The van der Waals surface area contributed by atoms with E-state index in [4.69, 9.17) is 21.1 Å². The number of carbonyl (C=O) groups is 2. The van der Waals surface area contributed by atoms with E-state index < -0.39 is 5.97 Å². The lowest BCUT2D eigenvalue weighted by Gasteiger charge is -2.11. The molecule has 0 fully saturated rings. The SMILES string of the molecule is CCOC(=O)c1cccc(NC(=O)COc2cccc(Cl)c2C)c1. The molecule has 0 unspecified atom stereocenters. The number of ether oxygens (including phenoxy) is 2. The van der Waals surface area contributed by atoms with Crippen molar-refractivity contribution in [2.24, 2.45) is 0 Å². The second-order valence-electron chi connectivity index (χ2n) is 5.00. The molecule has 0 atom stereocenters. The second-order valence-corrected chi connectivity index (χ2v) is 5.41. The molecular weight excluding hydrogens is 330 g/mol. The van der Waals surface area contributed by atoms with Gasteiger partial charge in [-0.1, -0.05) is 23.7 Å². The molecule has 0 aliphatic rings. The van der Waals surface area contributed by atoms with Crippen LogP contribution in [0.4, 0.5) is 5.69 Å². The quantitative estimate of drug-likeness (QED) is 0.806. The fourth-order valence-electron chi connectivity index (χ4n) is 2.02. The van der Waals surface area contributed by atoms with Gasteiger partial charge in [-0.25, -0.2) is 4.79 Å². The maximum Gasteiger partial charge on any atom is 0.338 e. The summed E-state index contributed by atoms with van der Waals surface area (Å²) >= 11 is 6.01. The summed E-state index contributed by atoms with van der Waals surface area (Å²) in [5.41, 5.74) is 1.65. The van der Waals surface area contributed by atoms with E-state index in [2.05, 4.69) is 5.32 Å². The maximum atomic E-state index is 12.0. The van der Waals surface area contributed by atoms with Crippen LogP contribution in [0.15, 0.2) is 42.5 Å². The second kappa shape index (κ2) is 8.36. The van der Waals surface area contributed by atoms with E-state index in [0.717, 1.165) is 5.56 Å². The summed E-state index contributed by atoms with van der Waals surface area (Å²) in [5, 5.41) is 3.26. The van der Waals surface area contributed by atoms with Gasteiger partial charge in [-0.2, -0.15) is 0 Å². The van der Waals surface area contributed by atoms with Crippen LogP contribution in [0.25, 0.3) is 0 Å². The van der Waals surface area contributed by atoms with E-state index in [-0.39, 0.29) is 12.5 Å². The van der Waals surface area contributed by atoms with Gasteiger partial charge in [0, 0.05) is 16.3 Å². The van der Waals surface area contributed by atoms with E-state index in [1.165, 1.54) is 0 Å². The molecule has 1 N–H and O–H groups in total. The van der Waals surface area contributed by atoms with Crippen LogP contribution >= 0.6 is 11.6 Å². The molecular formula is C18H18ClNO4. The molecule has 126 valence electrons. The standard InChI is InChI=1S/C18H18ClNO4/c1-3-23-18(22)13-6-4-7-14(10-13)20-17(21)11-24-16-9-5-8-15(19)12(16)2/h4-10H,3,11H2,1-2H3,(H,20,21). The van der Waals surface area contributed by atoms with Gasteiger partial charge in [0.25, 0.3) is 5.91 Å². The molecule has 1 amide bonds. The molecule has 0 aliphatic heterocycles. The normalized spacial score (nSPS) is 10.1. The molecule has 6 heteroatoms. The highest BCUT2D eigenvalue weighted by atomic mass is 35.5. The van der Waals surface area contributed by atoms with Crippen molar-refractivity contribution in [1.29, 1.82) is 0 Å². The van der Waals surface area contributed by atoms with Crippen LogP contribution in [0.5, 0.6) is 5.75 Å². The molecule has 0 bridgehead atoms. The number of hydrogen-bond acceptors (Lipinski definition) is 4. The Morgan fingerprint density at radius 2 is 1.92 bits per heavy atom. The van der Waals surface area contributed by atoms with Gasteiger partial charge in [0.1, 0.15) is 5.75 Å². The minimum atomic E-state index is -0.431. The van der Waals surface area contributed by atoms with Gasteiger partial charge in [-0.15, -0.1) is 0 Å². The van der Waals surface area contributed by atoms with Crippen molar-refractivity contribution in [2.45, 2.75) is 13.8 Å². The van der Waals surface area contributed by atoms with Gasteiger partial charge in [0.2, 0.25) is 0 Å². The zero-order chi connectivity index (χ0) is 17.5. The highest BCUT2D eigenvalue weighted by molar-refractivity contribution is 6.31. The zero-order valence-corrected chi connectivity index (χ0v) is 14.2. The van der Waals surface area contributed by atoms with E-state index >= 15 is 0 Å². The Kier molecular flexibility index (Phi) is 6.21. The number of amides is 1. The topological polar surface area (TPSA) is 64.6 Å². The predicted molar refractivity (Wildman–Crippen MR) is 92.7 cm³/mol. The molecule has 0 radical (unpaired) electrons. The molecule has 0 aromatic heterocycles. The number of carbonyl (C=O) groups excluding carboxylic acids is 2. The van der Waals surface area contributed by atoms with Gasteiger partial charge in [-0.05, 0) is 44.2 Å². The van der Waals surface area contributed by atoms with Crippen molar-refractivity contribution in [3.8, 4) is 5.75 Å². The predicted octanol–water partition coefficient (Wildman–Crippen LogP) is 3.84. The number of benzene rings is 2. The number of hydrogen-bond donors (Lipinski definition) is 1. The van der Waals surface area contributed by atoms with Crippen molar-refractivity contribution >= 4 is 29.2 Å². The Balaban J connectivity index is 1.96. The average Bonchev–Trinajstić information content (AvgIpc) is 2.56. The van der Waals surface area contributed by atoms with Crippen LogP contribution in [0.1, 0.15) is 22.8 Å². The Morgan fingerprint density at radius 1 is 1.17 bits per heavy atom. The molecule has 24 heavy (non-hydrogen) atoms. The van der Waals surface area contributed by atoms with Crippen LogP contribution in [-0.4, -0.2) is 25.1 Å². The molecule has 0 spiro atoms. The lowest BCUT2D eigenvalue weighted by Crippen LogP contribution is -2.20. The number of esters is 1. The summed E-state index contributed by atoms with van der Waals surface area (Å²) in [7, 11) is 0. The third-order valence-electron chi connectivity index (χ3n) is 3.23. The largest absolute Gasteiger partial charge is 0.483 e. The summed E-state index contributed by atoms with van der Waals surface area (Å²) in [6.45, 7) is 3.68. The third-order valence-corrected chi connectivity index (χ3v) is 3.64. The van der Waals surface area contributed by atoms with E-state index in [1.807, 2.05) is 6.92 Å². The minimum Gasteiger partial charge on any atom is -0.483 e. The summed E-state index contributed by atoms with van der Waals surface area (Å²) in [4.78, 5) is 23.7. The first kappa shape index (κ1) is 17.8. The minimum absolute atomic E-state index is 0.162.